The number of nitrogens with one attached hydrogen (secondary N) is 1. The van der Waals surface area contributed by atoms with Gasteiger partial charge < -0.3 is 34.4 Å². The number of aromatic carboxylic acids is 1. The van der Waals surface area contributed by atoms with E-state index in [1.54, 1.807) is 12.1 Å². The van der Waals surface area contributed by atoms with Gasteiger partial charge in [0, 0.05) is 17.0 Å². The summed E-state index contributed by atoms with van der Waals surface area (Å²) < 4.78 is 22.4. The molecule has 0 radical (unpaired) electrons. The van der Waals surface area contributed by atoms with Crippen LogP contribution in [-0.4, -0.2) is 107 Å². The Morgan fingerprint density at radius 3 is 2.62 bits per heavy atom. The zero-order valence-corrected chi connectivity index (χ0v) is 34.0. The van der Waals surface area contributed by atoms with Gasteiger partial charge in [0.1, 0.15) is 18.3 Å². The molecule has 0 amide bonds. The molecule has 1 saturated heterocycles. The lowest BCUT2D eigenvalue weighted by molar-refractivity contribution is -0.916. The van der Waals surface area contributed by atoms with E-state index in [1.165, 1.54) is 48.0 Å². The maximum atomic E-state index is 14.8. The number of aromatic nitrogens is 4. The van der Waals surface area contributed by atoms with Gasteiger partial charge in [0.2, 0.25) is 0 Å². The number of likely N-dealkylation sites (N-methyl/N-ethyl adjacent to an activating group) is 1. The number of carbonyl (C=O) groups excluding carboxylic acids is 1. The Balaban J connectivity index is 1.16. The number of fused-ring (bicyclic) bond motifs is 1. The Bertz CT molecular complexity index is 2140. The van der Waals surface area contributed by atoms with Gasteiger partial charge in [0.05, 0.1) is 49.5 Å². The Labute approximate surface area is 335 Å². The minimum absolute atomic E-state index is 0.105. The van der Waals surface area contributed by atoms with Crippen LogP contribution in [0.4, 0.5) is 26.3 Å². The fourth-order valence-corrected chi connectivity index (χ4v) is 8.79. The fraction of sp³-hybridized carbons (Fsp3) is 0.439. The number of aliphatic hydroxyl groups excluding tert-OH is 1. The molecule has 15 heteroatoms. The molecule has 56 heavy (non-hydrogen) atoms. The number of carbonyl (C=O) groups is 1. The summed E-state index contributed by atoms with van der Waals surface area (Å²) in [5.74, 6) is 5.20. The third-order valence-electron chi connectivity index (χ3n) is 9.71. The first-order valence-electron chi connectivity index (χ1n) is 19.0. The van der Waals surface area contributed by atoms with Crippen molar-refractivity contribution in [2.24, 2.45) is 0 Å². The van der Waals surface area contributed by atoms with E-state index in [2.05, 4.69) is 44.4 Å². The Morgan fingerprint density at radius 2 is 1.89 bits per heavy atom. The van der Waals surface area contributed by atoms with E-state index in [4.69, 9.17) is 4.74 Å². The number of aliphatic hydroxyl groups is 1. The van der Waals surface area contributed by atoms with E-state index in [0.717, 1.165) is 33.4 Å². The normalized spacial score (nSPS) is 14.3. The quantitative estimate of drug-likeness (QED) is 0.0658. The molecule has 1 fully saturated rings. The van der Waals surface area contributed by atoms with Crippen molar-refractivity contribution < 1.29 is 28.6 Å². The van der Waals surface area contributed by atoms with Crippen molar-refractivity contribution >= 4 is 60.8 Å². The number of likely N-dealkylation sites (tertiary alicyclic amines) is 1. The van der Waals surface area contributed by atoms with Crippen molar-refractivity contribution in [2.45, 2.75) is 58.0 Å². The molecule has 1 aliphatic heterocycles. The minimum atomic E-state index is -1.38. The number of nitrogens with zero attached hydrogens (tertiary/aromatic N) is 7. The lowest BCUT2D eigenvalue weighted by Crippen LogP contribution is -2.51. The molecule has 0 saturated carbocycles. The molecule has 12 nitrogen and oxygen atoms in total. The lowest BCUT2D eigenvalue weighted by Gasteiger charge is -2.39. The fourth-order valence-electron chi connectivity index (χ4n) is 6.80. The maximum Gasteiger partial charge on any atom is 0.191 e. The number of benzene rings is 2. The summed E-state index contributed by atoms with van der Waals surface area (Å²) in [7, 11) is 6.04. The number of hydrogen-bond acceptors (Lipinski definition) is 13. The van der Waals surface area contributed by atoms with Crippen LogP contribution in [0.3, 0.4) is 0 Å². The van der Waals surface area contributed by atoms with E-state index < -0.39 is 17.9 Å². The van der Waals surface area contributed by atoms with Crippen LogP contribution in [0.5, 0.6) is 5.75 Å². The minimum Gasteiger partial charge on any atom is -0.543 e. The SMILES string of the molecule is Cc1cc(N(CCCC(O)C[N+]2(C)CCCCC2)c2nc(C(=O)[O-])c(CCCOc3ccc(C#CCN(C)C)cc3F)s2)nnc1Nc1nc2ccccc2s1. The lowest BCUT2D eigenvalue weighted by atomic mass is 10.1. The zero-order chi connectivity index (χ0) is 39.7. The molecule has 2 aromatic carbocycles. The third kappa shape index (κ3) is 11.0. The largest absolute Gasteiger partial charge is 0.543 e. The Morgan fingerprint density at radius 1 is 1.09 bits per heavy atom. The Hall–Kier alpha value is -4.72. The van der Waals surface area contributed by atoms with Crippen LogP contribution in [0.2, 0.25) is 0 Å². The summed E-state index contributed by atoms with van der Waals surface area (Å²) >= 11 is 2.76. The number of para-hydroxylation sites is 1. The van der Waals surface area contributed by atoms with Crippen LogP contribution in [0.1, 0.15) is 65.0 Å². The maximum absolute atomic E-state index is 14.8. The van der Waals surface area contributed by atoms with Gasteiger partial charge in [-0.3, -0.25) is 4.90 Å². The van der Waals surface area contributed by atoms with Crippen LogP contribution < -0.4 is 20.1 Å². The van der Waals surface area contributed by atoms with Crippen molar-refractivity contribution in [1.29, 1.82) is 0 Å². The van der Waals surface area contributed by atoms with E-state index in [1.807, 2.05) is 61.2 Å². The smallest absolute Gasteiger partial charge is 0.191 e. The van der Waals surface area contributed by atoms with Crippen LogP contribution in [-0.2, 0) is 6.42 Å². The van der Waals surface area contributed by atoms with Crippen molar-refractivity contribution in [3.05, 3.63) is 76.0 Å². The van der Waals surface area contributed by atoms with Gasteiger partial charge in [-0.05, 0) is 108 Å². The third-order valence-corrected chi connectivity index (χ3v) is 11.8. The Kier molecular flexibility index (Phi) is 13.8. The predicted octanol–water partition coefficient (Wildman–Crippen LogP) is 5.93. The van der Waals surface area contributed by atoms with Crippen LogP contribution in [0.15, 0.2) is 48.5 Å². The number of ether oxygens (including phenoxy) is 1. The van der Waals surface area contributed by atoms with E-state index in [-0.39, 0.29) is 18.1 Å². The number of piperidine rings is 1. The van der Waals surface area contributed by atoms with E-state index >= 15 is 0 Å². The molecule has 0 spiro atoms. The number of anilines is 4. The molecule has 4 heterocycles. The van der Waals surface area contributed by atoms with Gasteiger partial charge >= 0.3 is 0 Å². The molecule has 1 aliphatic rings. The molecule has 296 valence electrons. The number of carboxylic acid groups (broad SMARTS) is 1. The standard InChI is InChI=1S/C41H49FN8O4S2/c1-28-25-36(46-47-38(28)45-40-43-32-15-6-7-16-34(32)55-40)49(21-11-14-30(51)27-50(4)22-8-5-9-23-50)41-44-37(39(52)53)35(56-41)17-12-24-54-33-19-18-29(26-31(33)42)13-10-20-48(2)3/h6-7,15-16,18-19,25-26,30,51H,5,8-9,11-12,14,17,20-24,27H2,1-4H3,(H-,43,45,47,52,53). The van der Waals surface area contributed by atoms with Crippen LogP contribution in [0.25, 0.3) is 10.2 Å². The van der Waals surface area contributed by atoms with Gasteiger partial charge in [-0.15, -0.1) is 21.5 Å². The number of aryl methyl sites for hydroxylation is 2. The first-order chi connectivity index (χ1) is 27.0. The zero-order valence-electron chi connectivity index (χ0n) is 32.4. The van der Waals surface area contributed by atoms with Gasteiger partial charge in [0.25, 0.3) is 0 Å². The highest BCUT2D eigenvalue weighted by Crippen LogP contribution is 2.34. The van der Waals surface area contributed by atoms with Crippen molar-refractivity contribution in [1.82, 2.24) is 25.1 Å². The molecule has 2 N–H and O–H groups in total. The molecule has 1 atom stereocenters. The molecule has 0 bridgehead atoms. The highest BCUT2D eigenvalue weighted by Gasteiger charge is 2.28. The first kappa shape index (κ1) is 40.9. The number of carboxylic acids is 1. The molecule has 0 aliphatic carbocycles. The highest BCUT2D eigenvalue weighted by molar-refractivity contribution is 7.22. The van der Waals surface area contributed by atoms with Gasteiger partial charge in [-0.25, -0.2) is 14.4 Å². The van der Waals surface area contributed by atoms with E-state index in [9.17, 15) is 19.4 Å². The second-order valence-corrected chi connectivity index (χ2v) is 16.9. The molecule has 5 aromatic rings. The molecular weight excluding hydrogens is 752 g/mol. The predicted molar refractivity (Wildman–Crippen MR) is 219 cm³/mol. The van der Waals surface area contributed by atoms with E-state index in [0.29, 0.717) is 77.7 Å². The molecular formula is C41H49FN8O4S2. The van der Waals surface area contributed by atoms with Crippen molar-refractivity contribution in [2.75, 3.05) is 70.7 Å². The van der Waals surface area contributed by atoms with Crippen molar-refractivity contribution in [3.8, 4) is 17.6 Å². The molecule has 3 aromatic heterocycles. The number of rotatable bonds is 17. The van der Waals surface area contributed by atoms with Gasteiger partial charge in [-0.2, -0.15) is 0 Å². The molecule has 1 unspecified atom stereocenters. The van der Waals surface area contributed by atoms with Gasteiger partial charge in [-0.1, -0.05) is 35.3 Å². The summed E-state index contributed by atoms with van der Waals surface area (Å²) in [5.41, 5.74) is 2.12. The summed E-state index contributed by atoms with van der Waals surface area (Å²) in [6.07, 6.45) is 5.04. The highest BCUT2D eigenvalue weighted by atomic mass is 32.1. The molecule has 6 rings (SSSR count). The number of thiazole rings is 2. The van der Waals surface area contributed by atoms with Gasteiger partial charge in [0.15, 0.2) is 33.5 Å². The number of hydrogen-bond donors (Lipinski definition) is 2. The first-order valence-corrected chi connectivity index (χ1v) is 20.6. The average Bonchev–Trinajstić information content (AvgIpc) is 3.78. The van der Waals surface area contributed by atoms with Crippen molar-refractivity contribution in [3.63, 3.8) is 0 Å². The average molecular weight is 801 g/mol. The summed E-state index contributed by atoms with van der Waals surface area (Å²) in [4.78, 5) is 25.8. The second kappa shape index (κ2) is 18.9. The van der Waals surface area contributed by atoms with Crippen LogP contribution >= 0.6 is 22.7 Å². The number of halogens is 1. The number of quaternary nitrogens is 1. The monoisotopic (exact) mass is 800 g/mol. The summed E-state index contributed by atoms with van der Waals surface area (Å²) in [6.45, 7) is 5.92. The second-order valence-electron chi connectivity index (χ2n) is 14.8. The topological polar surface area (TPSA) is 140 Å². The summed E-state index contributed by atoms with van der Waals surface area (Å²) in [5, 5.41) is 36.9. The van der Waals surface area contributed by atoms with Crippen LogP contribution in [0, 0.1) is 24.6 Å². The summed E-state index contributed by atoms with van der Waals surface area (Å²) in [6, 6.07) is 14.4.